The third-order valence-corrected chi connectivity index (χ3v) is 4.86. The summed E-state index contributed by atoms with van der Waals surface area (Å²) in [7, 11) is 0. The van der Waals surface area contributed by atoms with Gasteiger partial charge in [0.2, 0.25) is 5.91 Å². The molecule has 28 heavy (non-hydrogen) atoms. The van der Waals surface area contributed by atoms with Crippen LogP contribution in [0.15, 0.2) is 53.5 Å². The molecular formula is C20H21N5O3. The predicted molar refractivity (Wildman–Crippen MR) is 104 cm³/mol. The molecule has 0 atom stereocenters. The van der Waals surface area contributed by atoms with Gasteiger partial charge in [-0.3, -0.25) is 14.0 Å². The molecule has 2 amide bonds. The molecule has 0 saturated carbocycles. The number of carbonyl (C=O) groups is 2. The number of carbonyl (C=O) groups excluding carboxylic acids is 2. The lowest BCUT2D eigenvalue weighted by atomic mass is 10.1. The van der Waals surface area contributed by atoms with E-state index >= 15 is 0 Å². The minimum atomic E-state index is -0.413. The zero-order valence-electron chi connectivity index (χ0n) is 15.4. The van der Waals surface area contributed by atoms with Crippen molar-refractivity contribution in [3.63, 3.8) is 0 Å². The minimum Gasteiger partial charge on any atom is -0.339 e. The summed E-state index contributed by atoms with van der Waals surface area (Å²) in [5, 5.41) is 6.91. The fraction of sp³-hybridized carbons (Fsp3) is 0.300. The highest BCUT2D eigenvalue weighted by atomic mass is 16.2. The Kier molecular flexibility index (Phi) is 4.92. The first-order valence-electron chi connectivity index (χ1n) is 9.36. The van der Waals surface area contributed by atoms with E-state index in [1.54, 1.807) is 48.7 Å². The maximum absolute atomic E-state index is 12.8. The highest BCUT2D eigenvalue weighted by molar-refractivity contribution is 6.03. The Bertz CT molecular complexity index is 1080. The van der Waals surface area contributed by atoms with Crippen molar-refractivity contribution in [2.45, 2.75) is 25.8 Å². The van der Waals surface area contributed by atoms with E-state index < -0.39 is 5.91 Å². The smallest absolute Gasteiger partial charge is 0.339 e. The van der Waals surface area contributed by atoms with Crippen LogP contribution >= 0.6 is 0 Å². The second kappa shape index (κ2) is 7.67. The molecule has 1 aliphatic rings. The van der Waals surface area contributed by atoms with Crippen molar-refractivity contribution in [2.75, 3.05) is 18.4 Å². The van der Waals surface area contributed by atoms with Crippen molar-refractivity contribution in [1.29, 1.82) is 0 Å². The van der Waals surface area contributed by atoms with Gasteiger partial charge >= 0.3 is 5.69 Å². The number of piperidine rings is 1. The molecule has 0 aliphatic carbocycles. The van der Waals surface area contributed by atoms with Gasteiger partial charge in [-0.2, -0.15) is 0 Å². The second-order valence-electron chi connectivity index (χ2n) is 6.82. The molecule has 0 spiro atoms. The van der Waals surface area contributed by atoms with Crippen LogP contribution in [0.3, 0.4) is 0 Å². The molecule has 0 radical (unpaired) electrons. The third kappa shape index (κ3) is 3.53. The number of likely N-dealkylation sites (tertiary alicyclic amines) is 1. The standard InChI is InChI=1S/C20H21N5O3/c26-18(14-25-20(28)24-13-7-4-10-17(24)22-25)21-16-9-3-2-8-15(16)19(27)23-11-5-1-6-12-23/h2-4,7-10,13H,1,5-6,11-12,14H2,(H,21,26). The number of nitrogens with zero attached hydrogens (tertiary/aromatic N) is 4. The number of rotatable bonds is 4. The van der Waals surface area contributed by atoms with E-state index in [4.69, 9.17) is 0 Å². The number of para-hydroxylation sites is 1. The van der Waals surface area contributed by atoms with Gasteiger partial charge in [0.15, 0.2) is 5.65 Å². The number of fused-ring (bicyclic) bond motifs is 1. The molecule has 1 saturated heterocycles. The molecule has 2 aromatic heterocycles. The van der Waals surface area contributed by atoms with Gasteiger partial charge in [0.1, 0.15) is 6.54 Å². The Balaban J connectivity index is 1.52. The van der Waals surface area contributed by atoms with Gasteiger partial charge in [-0.25, -0.2) is 9.48 Å². The zero-order valence-corrected chi connectivity index (χ0v) is 15.4. The molecule has 8 nitrogen and oxygen atoms in total. The first-order valence-corrected chi connectivity index (χ1v) is 9.36. The van der Waals surface area contributed by atoms with E-state index in [1.165, 1.54) is 4.40 Å². The molecule has 3 heterocycles. The Morgan fingerprint density at radius 3 is 2.54 bits per heavy atom. The lowest BCUT2D eigenvalue weighted by Gasteiger charge is -2.27. The van der Waals surface area contributed by atoms with E-state index in [9.17, 15) is 14.4 Å². The molecule has 144 valence electrons. The highest BCUT2D eigenvalue weighted by Crippen LogP contribution is 2.20. The second-order valence-corrected chi connectivity index (χ2v) is 6.82. The van der Waals surface area contributed by atoms with Crippen molar-refractivity contribution in [1.82, 2.24) is 19.1 Å². The zero-order chi connectivity index (χ0) is 19.5. The molecule has 1 N–H and O–H groups in total. The monoisotopic (exact) mass is 379 g/mol. The molecule has 0 bridgehead atoms. The maximum Gasteiger partial charge on any atom is 0.350 e. The summed E-state index contributed by atoms with van der Waals surface area (Å²) in [6, 6.07) is 12.1. The van der Waals surface area contributed by atoms with Crippen molar-refractivity contribution >= 4 is 23.1 Å². The minimum absolute atomic E-state index is 0.0829. The van der Waals surface area contributed by atoms with Crippen LogP contribution in [-0.4, -0.2) is 44.0 Å². The number of benzene rings is 1. The summed E-state index contributed by atoms with van der Waals surface area (Å²) in [5.74, 6) is -0.495. The topological polar surface area (TPSA) is 88.7 Å². The van der Waals surface area contributed by atoms with Gasteiger partial charge in [-0.15, -0.1) is 5.10 Å². The van der Waals surface area contributed by atoms with E-state index in [0.717, 1.165) is 37.0 Å². The van der Waals surface area contributed by atoms with Gasteiger partial charge in [0, 0.05) is 19.3 Å². The highest BCUT2D eigenvalue weighted by Gasteiger charge is 2.21. The summed E-state index contributed by atoms with van der Waals surface area (Å²) >= 11 is 0. The lowest BCUT2D eigenvalue weighted by molar-refractivity contribution is -0.117. The molecular weight excluding hydrogens is 358 g/mol. The Hall–Kier alpha value is -3.42. The van der Waals surface area contributed by atoms with E-state index in [2.05, 4.69) is 10.4 Å². The molecule has 3 aromatic rings. The van der Waals surface area contributed by atoms with E-state index in [1.807, 2.05) is 4.90 Å². The van der Waals surface area contributed by atoms with Crippen LogP contribution in [0.25, 0.3) is 5.65 Å². The van der Waals surface area contributed by atoms with Crippen LogP contribution in [0.2, 0.25) is 0 Å². The number of anilines is 1. The van der Waals surface area contributed by atoms with Gasteiger partial charge < -0.3 is 10.2 Å². The number of aromatic nitrogens is 3. The van der Waals surface area contributed by atoms with Crippen molar-refractivity contribution in [3.8, 4) is 0 Å². The summed E-state index contributed by atoms with van der Waals surface area (Å²) in [6.45, 7) is 1.24. The van der Waals surface area contributed by atoms with Crippen molar-refractivity contribution in [3.05, 3.63) is 64.7 Å². The lowest BCUT2D eigenvalue weighted by Crippen LogP contribution is -2.36. The number of hydrogen-bond acceptors (Lipinski definition) is 4. The summed E-state index contributed by atoms with van der Waals surface area (Å²) in [5.41, 5.74) is 0.990. The average molecular weight is 379 g/mol. The molecule has 1 aliphatic heterocycles. The first-order chi connectivity index (χ1) is 13.6. The quantitative estimate of drug-likeness (QED) is 0.748. The predicted octanol–water partition coefficient (Wildman–Crippen LogP) is 1.76. The SMILES string of the molecule is O=C(Cn1nc2ccccn2c1=O)Nc1ccccc1C(=O)N1CCCCC1. The normalized spacial score (nSPS) is 14.2. The van der Waals surface area contributed by atoms with Gasteiger partial charge in [0.25, 0.3) is 5.91 Å². The Morgan fingerprint density at radius 2 is 1.75 bits per heavy atom. The van der Waals surface area contributed by atoms with Crippen LogP contribution in [0.4, 0.5) is 5.69 Å². The Labute approximate surface area is 161 Å². The van der Waals surface area contributed by atoms with Crippen LogP contribution < -0.4 is 11.0 Å². The van der Waals surface area contributed by atoms with Crippen molar-refractivity contribution < 1.29 is 9.59 Å². The number of amides is 2. The molecule has 0 unspecified atom stereocenters. The Morgan fingerprint density at radius 1 is 1.00 bits per heavy atom. The summed E-state index contributed by atoms with van der Waals surface area (Å²) in [6.07, 6.45) is 4.73. The number of hydrogen-bond donors (Lipinski definition) is 1. The fourth-order valence-electron chi connectivity index (χ4n) is 3.44. The molecule has 8 heteroatoms. The van der Waals surface area contributed by atoms with Gasteiger partial charge in [-0.05, 0) is 43.5 Å². The summed E-state index contributed by atoms with van der Waals surface area (Å²) in [4.78, 5) is 39.5. The van der Waals surface area contributed by atoms with Crippen LogP contribution in [0.5, 0.6) is 0 Å². The third-order valence-electron chi connectivity index (χ3n) is 4.86. The van der Waals surface area contributed by atoms with E-state index in [0.29, 0.717) is 16.9 Å². The number of pyridine rings is 1. The van der Waals surface area contributed by atoms with Gasteiger partial charge in [-0.1, -0.05) is 18.2 Å². The molecule has 1 fully saturated rings. The van der Waals surface area contributed by atoms with Crippen LogP contribution in [-0.2, 0) is 11.3 Å². The largest absolute Gasteiger partial charge is 0.350 e. The van der Waals surface area contributed by atoms with Crippen LogP contribution in [0.1, 0.15) is 29.6 Å². The fourth-order valence-corrected chi connectivity index (χ4v) is 3.44. The van der Waals surface area contributed by atoms with Crippen molar-refractivity contribution in [2.24, 2.45) is 0 Å². The molecule has 4 rings (SSSR count). The van der Waals surface area contributed by atoms with Gasteiger partial charge in [0.05, 0.1) is 11.3 Å². The molecule has 1 aromatic carbocycles. The number of nitrogens with one attached hydrogen (secondary N) is 1. The first kappa shape index (κ1) is 18.0. The average Bonchev–Trinajstić information content (AvgIpc) is 3.04. The summed E-state index contributed by atoms with van der Waals surface area (Å²) < 4.78 is 2.49. The maximum atomic E-state index is 12.8. The van der Waals surface area contributed by atoms with Crippen LogP contribution in [0, 0.1) is 0 Å². The van der Waals surface area contributed by atoms with E-state index in [-0.39, 0.29) is 18.1 Å².